The van der Waals surface area contributed by atoms with Crippen molar-refractivity contribution in [2.24, 2.45) is 0 Å². The fourth-order valence-electron chi connectivity index (χ4n) is 4.18. The maximum absolute atomic E-state index is 11.8. The van der Waals surface area contributed by atoms with E-state index < -0.39 is 0 Å². The number of aliphatic hydroxyl groups is 1. The molecule has 1 saturated carbocycles. The van der Waals surface area contributed by atoms with E-state index >= 15 is 0 Å². The Balaban J connectivity index is 1.82. The number of benzene rings is 2. The van der Waals surface area contributed by atoms with Crippen molar-refractivity contribution in [3.8, 4) is 11.1 Å². The van der Waals surface area contributed by atoms with Gasteiger partial charge in [0, 0.05) is 18.6 Å². The molecule has 0 saturated heterocycles. The highest BCUT2D eigenvalue weighted by Crippen LogP contribution is 2.36. The first kappa shape index (κ1) is 21.3. The SMILES string of the molecule is C=C(C)C(=O)OCCc1cc(-c2ccc(CCO)cc2)ccc1C1CCCCC1. The molecule has 3 rings (SSSR count). The van der Waals surface area contributed by atoms with Crippen LogP contribution in [-0.4, -0.2) is 24.3 Å². The average molecular weight is 393 g/mol. The summed E-state index contributed by atoms with van der Waals surface area (Å²) < 4.78 is 5.38. The number of rotatable bonds is 8. The molecule has 0 spiro atoms. The standard InChI is InChI=1S/C26H32O3/c1-19(2)26(28)29-17-15-24-18-23(21-10-8-20(9-11-21)14-16-27)12-13-25(24)22-6-4-3-5-7-22/h8-13,18,22,27H,1,3-7,14-17H2,2H3. The lowest BCUT2D eigenvalue weighted by Crippen LogP contribution is -2.12. The lowest BCUT2D eigenvalue weighted by atomic mass is 9.81. The van der Waals surface area contributed by atoms with Crippen molar-refractivity contribution >= 4 is 5.97 Å². The summed E-state index contributed by atoms with van der Waals surface area (Å²) >= 11 is 0. The van der Waals surface area contributed by atoms with E-state index in [0.29, 0.717) is 24.5 Å². The van der Waals surface area contributed by atoms with Gasteiger partial charge < -0.3 is 9.84 Å². The third-order valence-corrected chi connectivity index (χ3v) is 5.83. The fraction of sp³-hybridized carbons (Fsp3) is 0.423. The monoisotopic (exact) mass is 392 g/mol. The fourth-order valence-corrected chi connectivity index (χ4v) is 4.18. The Morgan fingerprint density at radius 2 is 1.72 bits per heavy atom. The van der Waals surface area contributed by atoms with Crippen LogP contribution in [0.15, 0.2) is 54.6 Å². The molecular formula is C26H32O3. The van der Waals surface area contributed by atoms with Gasteiger partial charge in [-0.2, -0.15) is 0 Å². The van der Waals surface area contributed by atoms with Crippen LogP contribution in [0.25, 0.3) is 11.1 Å². The number of hydrogen-bond donors (Lipinski definition) is 1. The minimum atomic E-state index is -0.320. The van der Waals surface area contributed by atoms with E-state index in [9.17, 15) is 4.79 Å². The van der Waals surface area contributed by atoms with Crippen molar-refractivity contribution in [2.45, 2.75) is 57.8 Å². The number of aliphatic hydroxyl groups excluding tert-OH is 1. The molecule has 0 aromatic heterocycles. The smallest absolute Gasteiger partial charge is 0.333 e. The van der Waals surface area contributed by atoms with Gasteiger partial charge >= 0.3 is 5.97 Å². The number of hydrogen-bond acceptors (Lipinski definition) is 3. The summed E-state index contributed by atoms with van der Waals surface area (Å²) in [5.74, 6) is 0.288. The highest BCUT2D eigenvalue weighted by Gasteiger charge is 2.19. The normalized spacial score (nSPS) is 14.6. The number of carbonyl (C=O) groups excluding carboxylic acids is 1. The van der Waals surface area contributed by atoms with Crippen molar-refractivity contribution in [3.63, 3.8) is 0 Å². The molecule has 0 atom stereocenters. The summed E-state index contributed by atoms with van der Waals surface area (Å²) in [5, 5.41) is 9.11. The van der Waals surface area contributed by atoms with Crippen LogP contribution in [0.3, 0.4) is 0 Å². The first-order valence-electron chi connectivity index (χ1n) is 10.7. The summed E-state index contributed by atoms with van der Waals surface area (Å²) in [6, 6.07) is 15.2. The summed E-state index contributed by atoms with van der Waals surface area (Å²) in [6.07, 6.45) is 7.81. The Bertz CT molecular complexity index is 830. The highest BCUT2D eigenvalue weighted by molar-refractivity contribution is 5.86. The van der Waals surface area contributed by atoms with E-state index in [-0.39, 0.29) is 12.6 Å². The molecule has 1 fully saturated rings. The molecule has 2 aromatic carbocycles. The molecule has 154 valence electrons. The lowest BCUT2D eigenvalue weighted by molar-refractivity contribution is -0.138. The molecular weight excluding hydrogens is 360 g/mol. The molecule has 1 N–H and O–H groups in total. The van der Waals surface area contributed by atoms with Crippen molar-refractivity contribution in [2.75, 3.05) is 13.2 Å². The van der Waals surface area contributed by atoms with Crippen LogP contribution in [0.1, 0.15) is 61.6 Å². The zero-order valence-corrected chi connectivity index (χ0v) is 17.5. The molecule has 3 nitrogen and oxygen atoms in total. The third-order valence-electron chi connectivity index (χ3n) is 5.83. The van der Waals surface area contributed by atoms with Crippen LogP contribution in [0.2, 0.25) is 0 Å². The lowest BCUT2D eigenvalue weighted by Gasteiger charge is -2.25. The first-order valence-corrected chi connectivity index (χ1v) is 10.7. The largest absolute Gasteiger partial charge is 0.462 e. The van der Waals surface area contributed by atoms with E-state index in [0.717, 1.165) is 12.0 Å². The molecule has 1 aliphatic rings. The molecule has 2 aromatic rings. The van der Waals surface area contributed by atoms with Crippen LogP contribution < -0.4 is 0 Å². The van der Waals surface area contributed by atoms with E-state index in [1.165, 1.54) is 54.4 Å². The van der Waals surface area contributed by atoms with E-state index in [1.54, 1.807) is 6.92 Å². The van der Waals surface area contributed by atoms with Gasteiger partial charge in [0.15, 0.2) is 0 Å². The maximum Gasteiger partial charge on any atom is 0.333 e. The quantitative estimate of drug-likeness (QED) is 0.470. The van der Waals surface area contributed by atoms with Crippen molar-refractivity contribution in [1.82, 2.24) is 0 Å². The van der Waals surface area contributed by atoms with Gasteiger partial charge in [-0.25, -0.2) is 4.79 Å². The maximum atomic E-state index is 11.8. The van der Waals surface area contributed by atoms with Gasteiger partial charge in [0.25, 0.3) is 0 Å². The molecule has 0 aliphatic heterocycles. The second kappa shape index (κ2) is 10.4. The van der Waals surface area contributed by atoms with Gasteiger partial charge in [-0.1, -0.05) is 68.3 Å². The molecule has 0 bridgehead atoms. The number of esters is 1. The zero-order chi connectivity index (χ0) is 20.6. The van der Waals surface area contributed by atoms with Gasteiger partial charge in [-0.3, -0.25) is 0 Å². The summed E-state index contributed by atoms with van der Waals surface area (Å²) in [7, 11) is 0. The molecule has 29 heavy (non-hydrogen) atoms. The molecule has 0 amide bonds. The Hall–Kier alpha value is -2.39. The second-order valence-corrected chi connectivity index (χ2v) is 8.09. The Kier molecular flexibility index (Phi) is 7.65. The average Bonchev–Trinajstić information content (AvgIpc) is 2.75. The molecule has 0 radical (unpaired) electrons. The Labute approximate surface area is 174 Å². The highest BCUT2D eigenvalue weighted by atomic mass is 16.5. The van der Waals surface area contributed by atoms with Gasteiger partial charge in [0.05, 0.1) is 6.61 Å². The Morgan fingerprint density at radius 3 is 2.38 bits per heavy atom. The number of ether oxygens (including phenoxy) is 1. The first-order chi connectivity index (χ1) is 14.1. The second-order valence-electron chi connectivity index (χ2n) is 8.09. The van der Waals surface area contributed by atoms with Crippen molar-refractivity contribution in [3.05, 3.63) is 71.3 Å². The minimum absolute atomic E-state index is 0.169. The Morgan fingerprint density at radius 1 is 1.03 bits per heavy atom. The molecule has 0 unspecified atom stereocenters. The summed E-state index contributed by atoms with van der Waals surface area (Å²) in [5.41, 5.74) is 6.62. The molecule has 3 heteroatoms. The molecule has 1 aliphatic carbocycles. The molecule has 0 heterocycles. The summed E-state index contributed by atoms with van der Waals surface area (Å²) in [6.45, 7) is 5.88. The van der Waals surface area contributed by atoms with E-state index in [1.807, 2.05) is 0 Å². The van der Waals surface area contributed by atoms with Crippen LogP contribution in [0.5, 0.6) is 0 Å². The van der Waals surface area contributed by atoms with Crippen LogP contribution in [0.4, 0.5) is 0 Å². The van der Waals surface area contributed by atoms with Crippen molar-refractivity contribution in [1.29, 1.82) is 0 Å². The van der Waals surface area contributed by atoms with Crippen LogP contribution >= 0.6 is 0 Å². The van der Waals surface area contributed by atoms with Gasteiger partial charge in [0.1, 0.15) is 0 Å². The van der Waals surface area contributed by atoms with E-state index in [4.69, 9.17) is 9.84 Å². The third kappa shape index (κ3) is 5.80. The van der Waals surface area contributed by atoms with Crippen molar-refractivity contribution < 1.29 is 14.6 Å². The van der Waals surface area contributed by atoms with Crippen LogP contribution in [0, 0.1) is 0 Å². The summed E-state index contributed by atoms with van der Waals surface area (Å²) in [4.78, 5) is 11.8. The van der Waals surface area contributed by atoms with Gasteiger partial charge in [-0.15, -0.1) is 0 Å². The predicted octanol–water partition coefficient (Wildman–Crippen LogP) is 5.60. The van der Waals surface area contributed by atoms with E-state index in [2.05, 4.69) is 49.0 Å². The minimum Gasteiger partial charge on any atom is -0.462 e. The predicted molar refractivity (Wildman–Crippen MR) is 118 cm³/mol. The van der Waals surface area contributed by atoms with Gasteiger partial charge in [0.2, 0.25) is 0 Å². The topological polar surface area (TPSA) is 46.5 Å². The van der Waals surface area contributed by atoms with Crippen LogP contribution in [-0.2, 0) is 22.4 Å². The zero-order valence-electron chi connectivity index (χ0n) is 17.5. The van der Waals surface area contributed by atoms with Gasteiger partial charge in [-0.05, 0) is 59.9 Å². The number of carbonyl (C=O) groups is 1.